The summed E-state index contributed by atoms with van der Waals surface area (Å²) >= 11 is 6.00. The predicted molar refractivity (Wildman–Crippen MR) is 104 cm³/mol. The number of hydrogen-bond donors (Lipinski definition) is 4. The van der Waals surface area contributed by atoms with Crippen molar-refractivity contribution in [2.75, 3.05) is 30.1 Å². The van der Waals surface area contributed by atoms with Gasteiger partial charge in [0.25, 0.3) is 0 Å². The summed E-state index contributed by atoms with van der Waals surface area (Å²) in [5, 5.41) is 24.5. The molecule has 138 valence electrons. The number of benzene rings is 1. The minimum absolute atomic E-state index is 0.0337. The Morgan fingerprint density at radius 2 is 2.16 bits per heavy atom. The van der Waals surface area contributed by atoms with E-state index in [2.05, 4.69) is 41.2 Å². The molecule has 0 bridgehead atoms. The molecule has 0 atom stereocenters. The summed E-state index contributed by atoms with van der Waals surface area (Å²) in [6.45, 7) is 0.656. The fourth-order valence-electron chi connectivity index (χ4n) is 1.55. The van der Waals surface area contributed by atoms with Gasteiger partial charge in [-0.3, -0.25) is 15.8 Å². The molecule has 0 amide bonds. The average molecular weight is 453 g/mol. The van der Waals surface area contributed by atoms with Gasteiger partial charge in [-0.1, -0.05) is 11.9 Å². The van der Waals surface area contributed by atoms with Crippen molar-refractivity contribution in [3.63, 3.8) is 0 Å². The Morgan fingerprint density at radius 1 is 1.44 bits per heavy atom. The second-order valence-electron chi connectivity index (χ2n) is 4.29. The van der Waals surface area contributed by atoms with E-state index in [0.29, 0.717) is 18.1 Å². The minimum atomic E-state index is -0.403. The van der Waals surface area contributed by atoms with Crippen molar-refractivity contribution in [1.82, 2.24) is 15.8 Å². The number of halogens is 2. The molecule has 0 spiro atoms. The molecule has 8 nitrogen and oxygen atoms in total. The number of nitrogens with zero attached hydrogens (tertiary/aromatic N) is 3. The Bertz CT molecular complexity index is 688. The number of thioether (sulfide) groups is 1. The zero-order valence-electron chi connectivity index (χ0n) is 13.5. The molecule has 0 fully saturated rings. The Morgan fingerprint density at radius 3 is 2.76 bits per heavy atom. The summed E-state index contributed by atoms with van der Waals surface area (Å²) < 4.78 is 18.2. The average Bonchev–Trinajstić information content (AvgIpc) is 3.05. The van der Waals surface area contributed by atoms with Crippen LogP contribution in [0.2, 0.25) is 0 Å². The van der Waals surface area contributed by atoms with E-state index < -0.39 is 5.82 Å². The molecule has 1 aromatic carbocycles. The van der Waals surface area contributed by atoms with Crippen LogP contribution in [0.1, 0.15) is 5.69 Å². The third-order valence-corrected chi connectivity index (χ3v) is 3.78. The smallest absolute Gasteiger partial charge is 0.202 e. The van der Waals surface area contributed by atoms with Crippen LogP contribution in [0, 0.1) is 5.82 Å². The molecule has 0 aliphatic carbocycles. The number of amidine groups is 1. The van der Waals surface area contributed by atoms with Crippen molar-refractivity contribution < 1.29 is 14.2 Å². The van der Waals surface area contributed by atoms with E-state index in [1.54, 1.807) is 11.8 Å². The van der Waals surface area contributed by atoms with Gasteiger partial charge in [-0.05, 0) is 57.0 Å². The quantitative estimate of drug-likeness (QED) is 0.172. The Labute approximate surface area is 161 Å². The van der Waals surface area contributed by atoms with Crippen molar-refractivity contribution in [1.29, 1.82) is 0 Å². The van der Waals surface area contributed by atoms with E-state index in [9.17, 15) is 9.60 Å². The van der Waals surface area contributed by atoms with Gasteiger partial charge in [-0.15, -0.1) is 0 Å². The first-order chi connectivity index (χ1) is 12.1. The van der Waals surface area contributed by atoms with Gasteiger partial charge in [0.2, 0.25) is 5.82 Å². The molecule has 0 aliphatic heterocycles. The van der Waals surface area contributed by atoms with Gasteiger partial charge in [-0.25, -0.2) is 14.0 Å². The molecule has 0 saturated carbocycles. The van der Waals surface area contributed by atoms with Crippen molar-refractivity contribution in [3.8, 4) is 0 Å². The fraction of sp³-hybridized carbons (Fsp3) is 0.308. The van der Waals surface area contributed by atoms with Crippen molar-refractivity contribution in [2.24, 2.45) is 10.1 Å². The molecular weight excluding hydrogens is 435 g/mol. The standard InChI is InChI=1S/C12H13BrFN5O2S.CH5NS/c1-22-5-4-15-11-10(18-21-19-11)12(17-20)16-7-2-3-9(14)8(13)6-7;1-3-2/h2-3,6,20H,4-5H2,1H3,(H,15,19)(H,16,17);2H2,1H3. The highest BCUT2D eigenvalue weighted by atomic mass is 79.9. The molecular formula is C13H18BrFN6O2S2. The van der Waals surface area contributed by atoms with E-state index in [0.717, 1.165) is 5.75 Å². The monoisotopic (exact) mass is 452 g/mol. The van der Waals surface area contributed by atoms with E-state index in [1.807, 2.05) is 18.0 Å². The number of hydroxylamine groups is 1. The molecule has 12 heteroatoms. The lowest BCUT2D eigenvalue weighted by Gasteiger charge is -2.05. The predicted octanol–water partition coefficient (Wildman–Crippen LogP) is 3.03. The minimum Gasteiger partial charge on any atom is -0.364 e. The molecule has 1 heterocycles. The van der Waals surface area contributed by atoms with Crippen molar-refractivity contribution >= 4 is 57.0 Å². The maximum atomic E-state index is 13.2. The maximum Gasteiger partial charge on any atom is 0.202 e. The molecule has 2 rings (SSSR count). The van der Waals surface area contributed by atoms with Crippen LogP contribution >= 0.6 is 39.6 Å². The van der Waals surface area contributed by atoms with E-state index in [-0.39, 0.29) is 16.0 Å². The first kappa shape index (κ1) is 21.7. The Kier molecular flexibility index (Phi) is 10.5. The van der Waals surface area contributed by atoms with Crippen LogP contribution in [0.25, 0.3) is 0 Å². The van der Waals surface area contributed by atoms with Crippen LogP contribution in [-0.2, 0) is 0 Å². The van der Waals surface area contributed by atoms with Crippen molar-refractivity contribution in [2.45, 2.75) is 0 Å². The first-order valence-corrected chi connectivity index (χ1v) is 10.3. The lowest BCUT2D eigenvalue weighted by molar-refractivity contribution is 0.234. The number of nitrogens with two attached hydrogens (primary N) is 1. The molecule has 25 heavy (non-hydrogen) atoms. The van der Waals surface area contributed by atoms with Crippen LogP contribution in [0.5, 0.6) is 0 Å². The highest BCUT2D eigenvalue weighted by Gasteiger charge is 2.16. The summed E-state index contributed by atoms with van der Waals surface area (Å²) in [7, 11) is 0. The number of rotatable bonds is 6. The van der Waals surface area contributed by atoms with E-state index >= 15 is 0 Å². The topological polar surface area (TPSA) is 122 Å². The number of anilines is 1. The lowest BCUT2D eigenvalue weighted by atomic mass is 10.3. The maximum absolute atomic E-state index is 13.2. The van der Waals surface area contributed by atoms with E-state index in [4.69, 9.17) is 5.14 Å². The Balaban J connectivity index is 0.000000970. The summed E-state index contributed by atoms with van der Waals surface area (Å²) in [5.74, 6) is 0.859. The van der Waals surface area contributed by atoms with E-state index in [1.165, 1.54) is 30.1 Å². The van der Waals surface area contributed by atoms with Gasteiger partial charge in [0.1, 0.15) is 5.82 Å². The van der Waals surface area contributed by atoms with Gasteiger partial charge in [-0.2, -0.15) is 11.8 Å². The molecule has 0 radical (unpaired) electrons. The third kappa shape index (κ3) is 7.20. The fourth-order valence-corrected chi connectivity index (χ4v) is 2.22. The molecule has 0 aliphatic rings. The SMILES string of the molecule is CSCCNc1nonc1C(=Nc1ccc(F)c(Br)c1)NO.CSN. The zero-order chi connectivity index (χ0) is 18.7. The normalized spacial score (nSPS) is 10.9. The largest absolute Gasteiger partial charge is 0.364 e. The summed E-state index contributed by atoms with van der Waals surface area (Å²) in [4.78, 5) is 4.16. The number of aromatic nitrogens is 2. The molecule has 5 N–H and O–H groups in total. The van der Waals surface area contributed by atoms with Gasteiger partial charge in [0.15, 0.2) is 11.5 Å². The summed E-state index contributed by atoms with van der Waals surface area (Å²) in [6, 6.07) is 4.20. The molecule has 0 unspecified atom stereocenters. The van der Waals surface area contributed by atoms with Crippen LogP contribution < -0.4 is 15.9 Å². The Hall–Kier alpha value is -1.34. The number of hydrogen-bond acceptors (Lipinski definition) is 9. The second-order valence-corrected chi connectivity index (χ2v) is 6.60. The number of nitrogens with one attached hydrogen (secondary N) is 2. The van der Waals surface area contributed by atoms with Crippen LogP contribution in [0.4, 0.5) is 15.9 Å². The van der Waals surface area contributed by atoms with Gasteiger partial charge >= 0.3 is 0 Å². The van der Waals surface area contributed by atoms with Crippen LogP contribution in [-0.4, -0.2) is 46.2 Å². The molecule has 2 aromatic rings. The lowest BCUT2D eigenvalue weighted by Crippen LogP contribution is -2.22. The second kappa shape index (κ2) is 12.1. The highest BCUT2D eigenvalue weighted by molar-refractivity contribution is 9.10. The van der Waals surface area contributed by atoms with Gasteiger partial charge in [0, 0.05) is 12.3 Å². The zero-order valence-corrected chi connectivity index (χ0v) is 16.7. The summed E-state index contributed by atoms with van der Waals surface area (Å²) in [5.41, 5.74) is 2.60. The number of aliphatic imine (C=N–C) groups is 1. The van der Waals surface area contributed by atoms with Crippen LogP contribution in [0.3, 0.4) is 0 Å². The van der Waals surface area contributed by atoms with Crippen LogP contribution in [0.15, 0.2) is 32.3 Å². The van der Waals surface area contributed by atoms with Gasteiger partial charge in [0.05, 0.1) is 10.2 Å². The first-order valence-electron chi connectivity index (χ1n) is 6.79. The van der Waals surface area contributed by atoms with Crippen molar-refractivity contribution in [3.05, 3.63) is 34.2 Å². The van der Waals surface area contributed by atoms with Gasteiger partial charge < -0.3 is 5.32 Å². The molecule has 1 aromatic heterocycles. The molecule has 0 saturated heterocycles. The highest BCUT2D eigenvalue weighted by Crippen LogP contribution is 2.23. The summed E-state index contributed by atoms with van der Waals surface area (Å²) in [6.07, 6.45) is 3.80. The third-order valence-electron chi connectivity index (χ3n) is 2.56.